The molecule has 0 saturated carbocycles. The number of fused-ring (bicyclic) bond motifs is 1. The second-order valence-corrected chi connectivity index (χ2v) is 9.11. The number of halogens is 1. The molecule has 5 rings (SSSR count). The van der Waals surface area contributed by atoms with Gasteiger partial charge in [-0.15, -0.1) is 11.3 Å². The first-order valence-corrected chi connectivity index (χ1v) is 11.3. The molecule has 8 heteroatoms. The number of carbonyl (C=O) groups is 3. The third kappa shape index (κ3) is 4.04. The van der Waals surface area contributed by atoms with Gasteiger partial charge in [0, 0.05) is 11.8 Å². The van der Waals surface area contributed by atoms with Crippen LogP contribution < -0.4 is 5.32 Å². The van der Waals surface area contributed by atoms with E-state index in [0.717, 1.165) is 28.2 Å². The molecule has 33 heavy (non-hydrogen) atoms. The van der Waals surface area contributed by atoms with Gasteiger partial charge in [-0.2, -0.15) is 0 Å². The quantitative estimate of drug-likeness (QED) is 0.387. The number of amides is 3. The Hall–Kier alpha value is -3.81. The van der Waals surface area contributed by atoms with E-state index in [9.17, 15) is 14.4 Å². The van der Waals surface area contributed by atoms with E-state index in [1.165, 1.54) is 4.90 Å². The molecule has 0 bridgehead atoms. The van der Waals surface area contributed by atoms with Crippen molar-refractivity contribution in [1.29, 1.82) is 0 Å². The lowest BCUT2D eigenvalue weighted by molar-refractivity contribution is 0.0642. The van der Waals surface area contributed by atoms with Gasteiger partial charge in [-0.25, -0.2) is 0 Å². The Labute approximate surface area is 198 Å². The predicted octanol–water partition coefficient (Wildman–Crippen LogP) is 5.51. The molecule has 0 fully saturated rings. The molecule has 3 heterocycles. The number of hydrogen-bond acceptors (Lipinski definition) is 5. The summed E-state index contributed by atoms with van der Waals surface area (Å²) in [5.41, 5.74) is 3.26. The van der Waals surface area contributed by atoms with Crippen molar-refractivity contribution in [3.63, 3.8) is 0 Å². The molecule has 2 aromatic heterocycles. The van der Waals surface area contributed by atoms with E-state index in [-0.39, 0.29) is 23.6 Å². The average Bonchev–Trinajstić information content (AvgIpc) is 3.38. The molecule has 1 aliphatic heterocycles. The molecule has 4 aromatic rings. The first-order valence-electron chi connectivity index (χ1n) is 10.1. The Balaban J connectivity index is 1.41. The SMILES string of the molecule is O=C(Nc1cccc2c1C(=O)N(Cc1cccc(-c3ccccn3)c1)C2=O)c1ccc(Cl)s1. The van der Waals surface area contributed by atoms with Crippen LogP contribution in [0, 0.1) is 0 Å². The monoisotopic (exact) mass is 473 g/mol. The van der Waals surface area contributed by atoms with E-state index in [0.29, 0.717) is 14.9 Å². The Bertz CT molecular complexity index is 1400. The van der Waals surface area contributed by atoms with Crippen LogP contribution >= 0.6 is 22.9 Å². The number of thiophene rings is 1. The van der Waals surface area contributed by atoms with Gasteiger partial charge in [-0.3, -0.25) is 24.3 Å². The summed E-state index contributed by atoms with van der Waals surface area (Å²) in [7, 11) is 0. The summed E-state index contributed by atoms with van der Waals surface area (Å²) in [5.74, 6) is -1.23. The second-order valence-electron chi connectivity index (χ2n) is 7.40. The Morgan fingerprint density at radius 1 is 0.970 bits per heavy atom. The number of imide groups is 1. The van der Waals surface area contributed by atoms with Gasteiger partial charge in [0.15, 0.2) is 0 Å². The maximum atomic E-state index is 13.2. The van der Waals surface area contributed by atoms with Crippen molar-refractivity contribution in [1.82, 2.24) is 9.88 Å². The van der Waals surface area contributed by atoms with Gasteiger partial charge >= 0.3 is 0 Å². The summed E-state index contributed by atoms with van der Waals surface area (Å²) in [4.78, 5) is 44.8. The third-order valence-electron chi connectivity index (χ3n) is 5.27. The van der Waals surface area contributed by atoms with Gasteiger partial charge in [-0.05, 0) is 48.0 Å². The van der Waals surface area contributed by atoms with Gasteiger partial charge in [0.1, 0.15) is 0 Å². The Morgan fingerprint density at radius 2 is 1.82 bits per heavy atom. The van der Waals surface area contributed by atoms with E-state index < -0.39 is 11.8 Å². The van der Waals surface area contributed by atoms with Crippen LogP contribution in [-0.4, -0.2) is 27.6 Å². The molecule has 1 aliphatic rings. The van der Waals surface area contributed by atoms with E-state index in [1.807, 2.05) is 42.5 Å². The molecule has 0 saturated heterocycles. The molecule has 0 spiro atoms. The van der Waals surface area contributed by atoms with E-state index >= 15 is 0 Å². The molecular formula is C25H16ClN3O3S. The fourth-order valence-electron chi connectivity index (χ4n) is 3.75. The average molecular weight is 474 g/mol. The van der Waals surface area contributed by atoms with Crippen molar-refractivity contribution in [2.75, 3.05) is 5.32 Å². The van der Waals surface area contributed by atoms with Crippen LogP contribution in [0.4, 0.5) is 5.69 Å². The number of pyridine rings is 1. The topological polar surface area (TPSA) is 79.4 Å². The van der Waals surface area contributed by atoms with Crippen molar-refractivity contribution < 1.29 is 14.4 Å². The highest BCUT2D eigenvalue weighted by Crippen LogP contribution is 2.32. The van der Waals surface area contributed by atoms with Gasteiger partial charge in [0.2, 0.25) is 0 Å². The summed E-state index contributed by atoms with van der Waals surface area (Å²) >= 11 is 7.06. The predicted molar refractivity (Wildman–Crippen MR) is 128 cm³/mol. The van der Waals surface area contributed by atoms with Crippen molar-refractivity contribution in [2.24, 2.45) is 0 Å². The number of anilines is 1. The summed E-state index contributed by atoms with van der Waals surface area (Å²) in [6.45, 7) is 0.112. The first-order chi connectivity index (χ1) is 16.0. The zero-order valence-corrected chi connectivity index (χ0v) is 18.7. The standard InChI is InChI=1S/C25H16ClN3O3S/c26-21-11-10-20(33-21)23(30)28-19-9-4-7-17-22(19)25(32)29(24(17)31)14-15-5-3-6-16(13-15)18-8-1-2-12-27-18/h1-13H,14H2,(H,28,30). The van der Waals surface area contributed by atoms with Crippen LogP contribution in [0.25, 0.3) is 11.3 Å². The zero-order valence-electron chi connectivity index (χ0n) is 17.1. The number of hydrogen-bond donors (Lipinski definition) is 1. The zero-order chi connectivity index (χ0) is 22.9. The molecule has 6 nitrogen and oxygen atoms in total. The number of carbonyl (C=O) groups excluding carboxylic acids is 3. The Morgan fingerprint density at radius 3 is 2.58 bits per heavy atom. The fraction of sp³-hybridized carbons (Fsp3) is 0.0400. The number of benzene rings is 2. The smallest absolute Gasteiger partial charge is 0.265 e. The molecular weight excluding hydrogens is 458 g/mol. The van der Waals surface area contributed by atoms with Crippen LogP contribution in [0.3, 0.4) is 0 Å². The van der Waals surface area contributed by atoms with E-state index in [1.54, 1.807) is 36.5 Å². The molecule has 0 aliphatic carbocycles. The van der Waals surface area contributed by atoms with Crippen LogP contribution in [0.1, 0.15) is 36.0 Å². The van der Waals surface area contributed by atoms with Crippen LogP contribution in [-0.2, 0) is 6.54 Å². The lowest BCUT2D eigenvalue weighted by Crippen LogP contribution is -2.29. The van der Waals surface area contributed by atoms with Gasteiger partial charge in [0.05, 0.1) is 38.3 Å². The van der Waals surface area contributed by atoms with Crippen molar-refractivity contribution in [2.45, 2.75) is 6.54 Å². The summed E-state index contributed by atoms with van der Waals surface area (Å²) in [6, 6.07) is 21.3. The summed E-state index contributed by atoms with van der Waals surface area (Å²) < 4.78 is 0.490. The van der Waals surface area contributed by atoms with Crippen LogP contribution in [0.5, 0.6) is 0 Å². The molecule has 2 aromatic carbocycles. The molecule has 3 amide bonds. The molecule has 0 radical (unpaired) electrons. The van der Waals surface area contributed by atoms with Gasteiger partial charge < -0.3 is 5.32 Å². The van der Waals surface area contributed by atoms with Gasteiger partial charge in [-0.1, -0.05) is 41.9 Å². The second kappa shape index (κ2) is 8.61. The third-order valence-corrected chi connectivity index (χ3v) is 6.50. The number of nitrogens with zero attached hydrogens (tertiary/aromatic N) is 2. The highest BCUT2D eigenvalue weighted by molar-refractivity contribution is 7.18. The lowest BCUT2D eigenvalue weighted by atomic mass is 10.1. The van der Waals surface area contributed by atoms with Crippen LogP contribution in [0.2, 0.25) is 4.34 Å². The normalized spacial score (nSPS) is 12.7. The van der Waals surface area contributed by atoms with Crippen molar-refractivity contribution >= 4 is 46.3 Å². The summed E-state index contributed by atoms with van der Waals surface area (Å²) in [5, 5.41) is 2.74. The first kappa shape index (κ1) is 21.1. The fourth-order valence-corrected chi connectivity index (χ4v) is 4.68. The summed E-state index contributed by atoms with van der Waals surface area (Å²) in [6.07, 6.45) is 1.71. The minimum Gasteiger partial charge on any atom is -0.321 e. The highest BCUT2D eigenvalue weighted by Gasteiger charge is 2.37. The maximum Gasteiger partial charge on any atom is 0.265 e. The molecule has 0 atom stereocenters. The minimum atomic E-state index is -0.446. The number of nitrogens with one attached hydrogen (secondary N) is 1. The highest BCUT2D eigenvalue weighted by atomic mass is 35.5. The van der Waals surface area contributed by atoms with Crippen molar-refractivity contribution in [3.05, 3.63) is 105 Å². The molecule has 162 valence electrons. The molecule has 1 N–H and O–H groups in total. The lowest BCUT2D eigenvalue weighted by Gasteiger charge is -2.15. The van der Waals surface area contributed by atoms with E-state index in [4.69, 9.17) is 11.6 Å². The minimum absolute atomic E-state index is 0.112. The number of aromatic nitrogens is 1. The largest absolute Gasteiger partial charge is 0.321 e. The van der Waals surface area contributed by atoms with Gasteiger partial charge in [0.25, 0.3) is 17.7 Å². The molecule has 0 unspecified atom stereocenters. The maximum absolute atomic E-state index is 13.2. The number of rotatable bonds is 5. The van der Waals surface area contributed by atoms with E-state index in [2.05, 4.69) is 10.3 Å². The van der Waals surface area contributed by atoms with Crippen molar-refractivity contribution in [3.8, 4) is 11.3 Å². The van der Waals surface area contributed by atoms with Crippen LogP contribution in [0.15, 0.2) is 79.0 Å². The Kier molecular flexibility index (Phi) is 5.50.